The third-order valence-corrected chi connectivity index (χ3v) is 4.07. The molecule has 0 N–H and O–H groups in total. The second-order valence-electron chi connectivity index (χ2n) is 4.96. The number of esters is 1. The van der Waals surface area contributed by atoms with Crippen molar-refractivity contribution < 1.29 is 13.9 Å². The molecule has 112 valence electrons. The predicted molar refractivity (Wildman–Crippen MR) is 88.8 cm³/mol. The molecular formula is C18H15BrO3. The summed E-state index contributed by atoms with van der Waals surface area (Å²) in [7, 11) is 0. The first kappa shape index (κ1) is 14.9. The summed E-state index contributed by atoms with van der Waals surface area (Å²) in [5.74, 6) is -0.211. The lowest BCUT2D eigenvalue weighted by Crippen LogP contribution is -2.07. The van der Waals surface area contributed by atoms with Crippen molar-refractivity contribution in [1.29, 1.82) is 0 Å². The highest BCUT2D eigenvalue weighted by Gasteiger charge is 2.19. The third kappa shape index (κ3) is 2.92. The van der Waals surface area contributed by atoms with E-state index in [9.17, 15) is 4.79 Å². The molecule has 1 aromatic rings. The van der Waals surface area contributed by atoms with Gasteiger partial charge in [-0.1, -0.05) is 28.1 Å². The molecule has 0 aromatic heterocycles. The lowest BCUT2D eigenvalue weighted by atomic mass is 10.0. The molecule has 1 aromatic carbocycles. The SMILES string of the molecule is CCOC(=O)Cc1cc(-c2ccc(Br)cc2)c2coccc1-2. The quantitative estimate of drug-likeness (QED) is 0.621. The average Bonchev–Trinajstić information content (AvgIpc) is 2.87. The number of rotatable bonds is 4. The van der Waals surface area contributed by atoms with Gasteiger partial charge in [-0.3, -0.25) is 4.79 Å². The molecule has 22 heavy (non-hydrogen) atoms. The summed E-state index contributed by atoms with van der Waals surface area (Å²) in [4.78, 5) is 11.8. The van der Waals surface area contributed by atoms with Crippen LogP contribution in [0.15, 0.2) is 57.8 Å². The summed E-state index contributed by atoms with van der Waals surface area (Å²) >= 11 is 3.44. The fraction of sp³-hybridized carbons (Fsp3) is 0.167. The molecule has 0 amide bonds. The number of fused-ring (bicyclic) bond motifs is 1. The van der Waals surface area contributed by atoms with E-state index in [2.05, 4.69) is 15.9 Å². The minimum atomic E-state index is -0.211. The second-order valence-corrected chi connectivity index (χ2v) is 5.87. The Morgan fingerprint density at radius 3 is 2.64 bits per heavy atom. The Morgan fingerprint density at radius 2 is 1.91 bits per heavy atom. The number of hydrogen-bond acceptors (Lipinski definition) is 3. The van der Waals surface area contributed by atoms with Gasteiger partial charge in [0.2, 0.25) is 0 Å². The largest absolute Gasteiger partial charge is 0.472 e. The van der Waals surface area contributed by atoms with Gasteiger partial charge in [-0.15, -0.1) is 0 Å². The highest BCUT2D eigenvalue weighted by molar-refractivity contribution is 9.10. The lowest BCUT2D eigenvalue weighted by Gasteiger charge is -2.04. The highest BCUT2D eigenvalue weighted by Crippen LogP contribution is 2.39. The van der Waals surface area contributed by atoms with Crippen molar-refractivity contribution in [2.75, 3.05) is 6.61 Å². The van der Waals surface area contributed by atoms with E-state index in [1.165, 1.54) is 0 Å². The van der Waals surface area contributed by atoms with E-state index >= 15 is 0 Å². The maximum Gasteiger partial charge on any atom is 0.310 e. The number of halogens is 1. The van der Waals surface area contributed by atoms with Crippen LogP contribution in [0.2, 0.25) is 0 Å². The molecule has 3 rings (SSSR count). The van der Waals surface area contributed by atoms with Crippen LogP contribution in [0.4, 0.5) is 0 Å². The Morgan fingerprint density at radius 1 is 1.14 bits per heavy atom. The number of carbonyl (C=O) groups excluding carboxylic acids is 1. The zero-order chi connectivity index (χ0) is 15.5. The van der Waals surface area contributed by atoms with Crippen molar-refractivity contribution in [3.8, 4) is 22.3 Å². The molecule has 0 saturated carbocycles. The van der Waals surface area contributed by atoms with Gasteiger partial charge >= 0.3 is 5.97 Å². The van der Waals surface area contributed by atoms with Crippen LogP contribution in [0.25, 0.3) is 22.3 Å². The van der Waals surface area contributed by atoms with Gasteiger partial charge in [0, 0.05) is 10.0 Å². The van der Waals surface area contributed by atoms with Crippen LogP contribution in [0.1, 0.15) is 12.5 Å². The second kappa shape index (κ2) is 6.36. The van der Waals surface area contributed by atoms with E-state index in [0.717, 1.165) is 32.3 Å². The Kier molecular flexibility index (Phi) is 4.29. The van der Waals surface area contributed by atoms with Crippen LogP contribution in [-0.2, 0) is 16.0 Å². The summed E-state index contributed by atoms with van der Waals surface area (Å²) in [6, 6.07) is 12.0. The smallest absolute Gasteiger partial charge is 0.310 e. The van der Waals surface area contributed by atoms with E-state index in [1.54, 1.807) is 12.5 Å². The summed E-state index contributed by atoms with van der Waals surface area (Å²) < 4.78 is 11.4. The molecule has 0 unspecified atom stereocenters. The zero-order valence-corrected chi connectivity index (χ0v) is 13.7. The Labute approximate surface area is 137 Å². The van der Waals surface area contributed by atoms with Crippen molar-refractivity contribution >= 4 is 21.9 Å². The van der Waals surface area contributed by atoms with Gasteiger partial charge in [0.15, 0.2) is 0 Å². The van der Waals surface area contributed by atoms with Gasteiger partial charge in [0.05, 0.1) is 25.6 Å². The molecule has 0 spiro atoms. The maximum atomic E-state index is 11.8. The van der Waals surface area contributed by atoms with Gasteiger partial charge in [-0.05, 0) is 53.4 Å². The van der Waals surface area contributed by atoms with Gasteiger partial charge in [-0.25, -0.2) is 0 Å². The number of hydrogen-bond donors (Lipinski definition) is 0. The Balaban J connectivity index is 2.04. The fourth-order valence-electron chi connectivity index (χ4n) is 2.57. The van der Waals surface area contributed by atoms with Crippen molar-refractivity contribution in [2.24, 2.45) is 0 Å². The molecule has 1 heterocycles. The van der Waals surface area contributed by atoms with Crippen LogP contribution >= 0.6 is 15.9 Å². The summed E-state index contributed by atoms with van der Waals surface area (Å²) in [6.07, 6.45) is 3.62. The maximum absolute atomic E-state index is 11.8. The van der Waals surface area contributed by atoms with Gasteiger partial charge in [-0.2, -0.15) is 0 Å². The zero-order valence-electron chi connectivity index (χ0n) is 12.1. The molecule has 1 aliphatic carbocycles. The minimum Gasteiger partial charge on any atom is -0.472 e. The number of benzene rings is 1. The molecule has 1 aliphatic heterocycles. The first-order valence-electron chi connectivity index (χ1n) is 7.08. The molecule has 4 heteroatoms. The first-order chi connectivity index (χ1) is 10.7. The van der Waals surface area contributed by atoms with Crippen LogP contribution in [0.3, 0.4) is 0 Å². The van der Waals surface area contributed by atoms with Crippen LogP contribution in [0.5, 0.6) is 0 Å². The van der Waals surface area contributed by atoms with E-state index in [-0.39, 0.29) is 12.4 Å². The van der Waals surface area contributed by atoms with E-state index in [0.29, 0.717) is 6.61 Å². The molecular weight excluding hydrogens is 344 g/mol. The number of carbonyl (C=O) groups is 1. The van der Waals surface area contributed by atoms with E-state index in [1.807, 2.05) is 43.3 Å². The van der Waals surface area contributed by atoms with Crippen LogP contribution in [0, 0.1) is 0 Å². The molecule has 0 saturated heterocycles. The van der Waals surface area contributed by atoms with Gasteiger partial charge in [0.25, 0.3) is 0 Å². The molecule has 0 radical (unpaired) electrons. The Hall–Kier alpha value is -2.07. The molecule has 0 atom stereocenters. The Bertz CT molecular complexity index is 758. The number of ether oxygens (including phenoxy) is 1. The summed E-state index contributed by atoms with van der Waals surface area (Å²) in [5.41, 5.74) is 5.14. The molecule has 3 nitrogen and oxygen atoms in total. The van der Waals surface area contributed by atoms with E-state index in [4.69, 9.17) is 9.15 Å². The minimum absolute atomic E-state index is 0.211. The topological polar surface area (TPSA) is 39.4 Å². The molecule has 0 bridgehead atoms. The van der Waals surface area contributed by atoms with Crippen molar-refractivity contribution in [1.82, 2.24) is 0 Å². The van der Waals surface area contributed by atoms with Gasteiger partial charge in [0.1, 0.15) is 0 Å². The standard InChI is InChI=1S/C18H15BrO3/c1-2-22-18(20)10-13-9-16(12-3-5-14(19)6-4-12)17-11-21-8-7-15(13)17/h3-9,11H,2,10H2,1H3. The van der Waals surface area contributed by atoms with Crippen molar-refractivity contribution in [3.05, 3.63) is 59.0 Å². The summed E-state index contributed by atoms with van der Waals surface area (Å²) in [6.45, 7) is 2.21. The van der Waals surface area contributed by atoms with Crippen molar-refractivity contribution in [2.45, 2.75) is 13.3 Å². The summed E-state index contributed by atoms with van der Waals surface area (Å²) in [5, 5.41) is 0. The first-order valence-corrected chi connectivity index (χ1v) is 7.87. The van der Waals surface area contributed by atoms with Gasteiger partial charge < -0.3 is 9.15 Å². The fourth-order valence-corrected chi connectivity index (χ4v) is 2.83. The lowest BCUT2D eigenvalue weighted by molar-refractivity contribution is -0.142. The average molecular weight is 359 g/mol. The van der Waals surface area contributed by atoms with Crippen molar-refractivity contribution in [3.63, 3.8) is 0 Å². The molecule has 0 fully saturated rings. The highest BCUT2D eigenvalue weighted by atomic mass is 79.9. The monoisotopic (exact) mass is 358 g/mol. The normalized spacial score (nSPS) is 10.8. The van der Waals surface area contributed by atoms with E-state index < -0.39 is 0 Å². The van der Waals surface area contributed by atoms with Crippen LogP contribution < -0.4 is 0 Å². The van der Waals surface area contributed by atoms with Crippen LogP contribution in [-0.4, -0.2) is 12.6 Å². The third-order valence-electron chi connectivity index (χ3n) is 3.54. The predicted octanol–water partition coefficient (Wildman–Crippen LogP) is 4.92. The molecule has 2 aliphatic rings.